The van der Waals surface area contributed by atoms with Crippen molar-refractivity contribution in [3.63, 3.8) is 0 Å². The highest BCUT2D eigenvalue weighted by Gasteiger charge is 2.09. The highest BCUT2D eigenvalue weighted by atomic mass is 35.5. The molecule has 0 aliphatic heterocycles. The average Bonchev–Trinajstić information content (AvgIpc) is 2.26. The zero-order valence-corrected chi connectivity index (χ0v) is 11.9. The van der Waals surface area contributed by atoms with Crippen LogP contribution < -0.4 is 0 Å². The van der Waals surface area contributed by atoms with Crippen molar-refractivity contribution in [3.05, 3.63) is 46.4 Å². The Kier molecular flexibility index (Phi) is 3.67. The van der Waals surface area contributed by atoms with E-state index in [-0.39, 0.29) is 5.92 Å². The van der Waals surface area contributed by atoms with Crippen LogP contribution in [0.15, 0.2) is 24.3 Å². The molecule has 0 amide bonds. The summed E-state index contributed by atoms with van der Waals surface area (Å²) >= 11 is 6.07. The quantitative estimate of drug-likeness (QED) is 0.741. The molecule has 0 aliphatic rings. The molecule has 0 N–H and O–H groups in total. The minimum atomic E-state index is 0.272. The summed E-state index contributed by atoms with van der Waals surface area (Å²) in [7, 11) is 0. The van der Waals surface area contributed by atoms with Crippen molar-refractivity contribution in [3.8, 4) is 11.3 Å². The number of hydrogen-bond acceptors (Lipinski definition) is 2. The highest BCUT2D eigenvalue weighted by Crippen LogP contribution is 2.24. The summed E-state index contributed by atoms with van der Waals surface area (Å²) in [5.74, 6) is 1.06. The molecule has 0 aliphatic carbocycles. The van der Waals surface area contributed by atoms with E-state index in [0.717, 1.165) is 17.1 Å². The standard InChI is InChI=1S/C15H17ClN2/c1-9(2)15-17-13(8-14(16)18-15)12-6-10(3)5-11(4)7-12/h5-9H,1-4H3. The van der Waals surface area contributed by atoms with Crippen LogP contribution in [0.4, 0.5) is 0 Å². The van der Waals surface area contributed by atoms with Gasteiger partial charge in [0, 0.05) is 17.5 Å². The van der Waals surface area contributed by atoms with Crippen molar-refractivity contribution >= 4 is 11.6 Å². The minimum absolute atomic E-state index is 0.272. The molecule has 0 fully saturated rings. The third-order valence-electron chi connectivity index (χ3n) is 2.75. The van der Waals surface area contributed by atoms with Crippen LogP contribution in [0.3, 0.4) is 0 Å². The molecule has 1 aromatic carbocycles. The molecule has 94 valence electrons. The number of benzene rings is 1. The number of rotatable bonds is 2. The van der Waals surface area contributed by atoms with Gasteiger partial charge in [-0.3, -0.25) is 0 Å². The van der Waals surface area contributed by atoms with E-state index in [0.29, 0.717) is 5.15 Å². The van der Waals surface area contributed by atoms with Crippen LogP contribution in [-0.2, 0) is 0 Å². The van der Waals surface area contributed by atoms with Crippen LogP contribution in [0.5, 0.6) is 0 Å². The summed E-state index contributed by atoms with van der Waals surface area (Å²) in [6, 6.07) is 8.21. The Hall–Kier alpha value is -1.41. The van der Waals surface area contributed by atoms with Crippen molar-refractivity contribution in [2.75, 3.05) is 0 Å². The molecule has 0 saturated carbocycles. The first kappa shape index (κ1) is 13.0. The van der Waals surface area contributed by atoms with Gasteiger partial charge in [-0.05, 0) is 26.0 Å². The monoisotopic (exact) mass is 260 g/mol. The van der Waals surface area contributed by atoms with Crippen LogP contribution in [0, 0.1) is 13.8 Å². The first-order chi connectivity index (χ1) is 8.45. The van der Waals surface area contributed by atoms with Crippen molar-refractivity contribution < 1.29 is 0 Å². The second-order valence-corrected chi connectivity index (χ2v) is 5.35. The maximum absolute atomic E-state index is 6.07. The fourth-order valence-electron chi connectivity index (χ4n) is 1.96. The second kappa shape index (κ2) is 5.07. The van der Waals surface area contributed by atoms with Gasteiger partial charge in [0.05, 0.1) is 5.69 Å². The van der Waals surface area contributed by atoms with Gasteiger partial charge in [0.1, 0.15) is 11.0 Å². The number of aromatic nitrogens is 2. The molecule has 0 unspecified atom stereocenters. The molecule has 2 aromatic rings. The van der Waals surface area contributed by atoms with Gasteiger partial charge >= 0.3 is 0 Å². The van der Waals surface area contributed by atoms with Crippen LogP contribution in [0.25, 0.3) is 11.3 Å². The van der Waals surface area contributed by atoms with Gasteiger partial charge in [-0.2, -0.15) is 0 Å². The van der Waals surface area contributed by atoms with E-state index in [1.165, 1.54) is 11.1 Å². The van der Waals surface area contributed by atoms with Crippen LogP contribution in [0.1, 0.15) is 36.7 Å². The smallest absolute Gasteiger partial charge is 0.133 e. The van der Waals surface area contributed by atoms with Crippen molar-refractivity contribution in [1.29, 1.82) is 0 Å². The molecule has 0 bridgehead atoms. The molecule has 2 nitrogen and oxygen atoms in total. The highest BCUT2D eigenvalue weighted by molar-refractivity contribution is 6.29. The zero-order valence-electron chi connectivity index (χ0n) is 11.2. The third kappa shape index (κ3) is 2.88. The number of halogens is 1. The number of hydrogen-bond donors (Lipinski definition) is 0. The lowest BCUT2D eigenvalue weighted by atomic mass is 10.0. The number of aryl methyl sites for hydroxylation is 2. The fourth-order valence-corrected chi connectivity index (χ4v) is 2.15. The van der Waals surface area contributed by atoms with Crippen molar-refractivity contribution in [1.82, 2.24) is 9.97 Å². The summed E-state index contributed by atoms with van der Waals surface area (Å²) in [5.41, 5.74) is 4.45. The largest absolute Gasteiger partial charge is 0.233 e. The second-order valence-electron chi connectivity index (χ2n) is 4.97. The summed E-state index contributed by atoms with van der Waals surface area (Å²) in [5, 5.41) is 0.503. The topological polar surface area (TPSA) is 25.8 Å². The van der Waals surface area contributed by atoms with E-state index in [1.54, 1.807) is 0 Å². The van der Waals surface area contributed by atoms with E-state index in [1.807, 2.05) is 6.07 Å². The molecule has 18 heavy (non-hydrogen) atoms. The Bertz CT molecular complexity index is 556. The van der Waals surface area contributed by atoms with Crippen molar-refractivity contribution in [2.45, 2.75) is 33.6 Å². The molecule has 1 aromatic heterocycles. The van der Waals surface area contributed by atoms with Gasteiger partial charge in [-0.15, -0.1) is 0 Å². The first-order valence-corrected chi connectivity index (χ1v) is 6.46. The van der Waals surface area contributed by atoms with E-state index in [2.05, 4.69) is 55.9 Å². The van der Waals surface area contributed by atoms with E-state index < -0.39 is 0 Å². The first-order valence-electron chi connectivity index (χ1n) is 6.09. The average molecular weight is 261 g/mol. The fraction of sp³-hybridized carbons (Fsp3) is 0.333. The van der Waals surface area contributed by atoms with Crippen LogP contribution in [-0.4, -0.2) is 9.97 Å². The molecule has 2 rings (SSSR count). The molecule has 0 saturated heterocycles. The van der Waals surface area contributed by atoms with Gasteiger partial charge in [0.2, 0.25) is 0 Å². The molecule has 3 heteroatoms. The molecular formula is C15H17ClN2. The maximum Gasteiger partial charge on any atom is 0.133 e. The molecule has 0 radical (unpaired) electrons. The Balaban J connectivity index is 2.56. The summed E-state index contributed by atoms with van der Waals surface area (Å²) in [6.07, 6.45) is 0. The normalized spacial score (nSPS) is 11.0. The minimum Gasteiger partial charge on any atom is -0.233 e. The molecular weight excluding hydrogens is 244 g/mol. The van der Waals surface area contributed by atoms with Crippen LogP contribution >= 0.6 is 11.6 Å². The SMILES string of the molecule is Cc1cc(C)cc(-c2cc(Cl)nc(C(C)C)n2)c1. The lowest BCUT2D eigenvalue weighted by molar-refractivity contribution is 0.776. The van der Waals surface area contributed by atoms with Gasteiger partial charge in [0.25, 0.3) is 0 Å². The predicted molar refractivity (Wildman–Crippen MR) is 76.0 cm³/mol. The van der Waals surface area contributed by atoms with Gasteiger partial charge in [0.15, 0.2) is 0 Å². The Labute approximate surface area is 113 Å². The molecule has 1 heterocycles. The Morgan fingerprint density at radius 3 is 2.11 bits per heavy atom. The van der Waals surface area contributed by atoms with Crippen LogP contribution in [0.2, 0.25) is 5.15 Å². The van der Waals surface area contributed by atoms with Gasteiger partial charge < -0.3 is 0 Å². The maximum atomic E-state index is 6.07. The summed E-state index contributed by atoms with van der Waals surface area (Å²) < 4.78 is 0. The Morgan fingerprint density at radius 1 is 0.944 bits per heavy atom. The van der Waals surface area contributed by atoms with Gasteiger partial charge in [-0.25, -0.2) is 9.97 Å². The van der Waals surface area contributed by atoms with E-state index in [4.69, 9.17) is 11.6 Å². The molecule has 0 spiro atoms. The molecule has 0 atom stereocenters. The summed E-state index contributed by atoms with van der Waals surface area (Å²) in [6.45, 7) is 8.30. The number of nitrogens with zero attached hydrogens (tertiary/aromatic N) is 2. The van der Waals surface area contributed by atoms with E-state index >= 15 is 0 Å². The zero-order chi connectivity index (χ0) is 13.3. The van der Waals surface area contributed by atoms with Gasteiger partial charge in [-0.1, -0.05) is 42.6 Å². The van der Waals surface area contributed by atoms with Crippen molar-refractivity contribution in [2.24, 2.45) is 0 Å². The summed E-state index contributed by atoms with van der Waals surface area (Å²) in [4.78, 5) is 8.85. The lowest BCUT2D eigenvalue weighted by Gasteiger charge is -2.09. The predicted octanol–water partition coefficient (Wildman–Crippen LogP) is 4.54. The lowest BCUT2D eigenvalue weighted by Crippen LogP contribution is -1.99. The van der Waals surface area contributed by atoms with E-state index in [9.17, 15) is 0 Å². The third-order valence-corrected chi connectivity index (χ3v) is 2.94. The Morgan fingerprint density at radius 2 is 1.56 bits per heavy atom.